The maximum Gasteiger partial charge on any atom is 0.472 e. The van der Waals surface area contributed by atoms with Crippen molar-refractivity contribution < 1.29 is 42.2 Å². The second kappa shape index (κ2) is 22.4. The summed E-state index contributed by atoms with van der Waals surface area (Å²) in [4.78, 5) is 19.0. The third kappa shape index (κ3) is 13.7. The van der Waals surface area contributed by atoms with Crippen LogP contribution in [0.5, 0.6) is 5.75 Å². The minimum absolute atomic E-state index is 0.102. The zero-order chi connectivity index (χ0) is 41.4. The average molecular weight is 829 g/mol. The number of pyridine rings is 1. The summed E-state index contributed by atoms with van der Waals surface area (Å²) in [7, 11) is -4.64. The zero-order valence-electron chi connectivity index (χ0n) is 34.9. The summed E-state index contributed by atoms with van der Waals surface area (Å²) in [6, 6.07) is 8.74. The Kier molecular flexibility index (Phi) is 17.7. The Bertz CT molecular complexity index is 1770. The van der Waals surface area contributed by atoms with E-state index in [1.54, 1.807) is 37.4 Å². The molecule has 5 heterocycles. The summed E-state index contributed by atoms with van der Waals surface area (Å²) in [6.45, 7) is 7.56. The quantitative estimate of drug-likeness (QED) is 0.0521. The van der Waals surface area contributed by atoms with Crippen LogP contribution in [0.3, 0.4) is 0 Å². The first kappa shape index (κ1) is 45.9. The third-order valence-electron chi connectivity index (χ3n) is 10.8. The van der Waals surface area contributed by atoms with Gasteiger partial charge in [-0.1, -0.05) is 103 Å². The molecule has 2 saturated heterocycles. The van der Waals surface area contributed by atoms with E-state index in [4.69, 9.17) is 43.7 Å². The standard InChI is InChI=1S/C42H65N6O9P/c1-5-6-7-8-9-10-11-12-13-14-15-16-17-18-19-20-25-51-28-34(54-33-22-21-32(26-43)45-27-33)29-52-58(49,50)53-30-42(4)39-38(55-41(2,3)57-39)37(56-42)35-23-24-36-40(44)46-31-47-48(35)36/h21-24,27,31,34,37-39H,5-20,25,28-30H2,1-4H3,(H,49,50)(H2,44,46,47)/t34-,37+,38+,39+,42-/m1/s1. The molecule has 6 atom stereocenters. The predicted octanol–water partition coefficient (Wildman–Crippen LogP) is 8.79. The van der Waals surface area contributed by atoms with E-state index in [2.05, 4.69) is 22.0 Å². The summed E-state index contributed by atoms with van der Waals surface area (Å²) < 4.78 is 57.0. The number of nitrogens with two attached hydrogens (primary N) is 1. The third-order valence-corrected chi connectivity index (χ3v) is 11.7. The first-order valence-electron chi connectivity index (χ1n) is 21.3. The number of nitrogen functional groups attached to an aromatic ring is 1. The van der Waals surface area contributed by atoms with Crippen LogP contribution in [0.4, 0.5) is 5.82 Å². The highest BCUT2D eigenvalue weighted by Crippen LogP contribution is 2.52. The van der Waals surface area contributed by atoms with E-state index in [0.29, 0.717) is 29.4 Å². The van der Waals surface area contributed by atoms with Crippen LogP contribution in [0.25, 0.3) is 5.52 Å². The Balaban J connectivity index is 1.05. The van der Waals surface area contributed by atoms with Gasteiger partial charge in [0, 0.05) is 6.61 Å². The molecule has 3 N–H and O–H groups in total. The molecule has 0 spiro atoms. The molecule has 0 bridgehead atoms. The Hall–Kier alpha value is -3.19. The first-order chi connectivity index (χ1) is 27.9. The van der Waals surface area contributed by atoms with Gasteiger partial charge in [-0.05, 0) is 51.5 Å². The zero-order valence-corrected chi connectivity index (χ0v) is 35.8. The van der Waals surface area contributed by atoms with Crippen LogP contribution < -0.4 is 10.5 Å². The van der Waals surface area contributed by atoms with Gasteiger partial charge in [-0.2, -0.15) is 10.4 Å². The smallest absolute Gasteiger partial charge is 0.472 e. The van der Waals surface area contributed by atoms with Crippen LogP contribution in [0.1, 0.15) is 148 Å². The number of phosphoric ester groups is 1. The second-order valence-corrected chi connectivity index (χ2v) is 17.7. The Morgan fingerprint density at radius 2 is 1.53 bits per heavy atom. The first-order valence-corrected chi connectivity index (χ1v) is 22.8. The number of fused-ring (bicyclic) bond motifs is 2. The molecule has 0 amide bonds. The number of aromatic nitrogens is 4. The average Bonchev–Trinajstić information content (AvgIpc) is 3.86. The number of hydrogen-bond acceptors (Lipinski definition) is 13. The van der Waals surface area contributed by atoms with Crippen molar-refractivity contribution in [2.45, 2.75) is 166 Å². The molecule has 322 valence electrons. The van der Waals surface area contributed by atoms with E-state index in [0.717, 1.165) is 19.3 Å². The van der Waals surface area contributed by atoms with Gasteiger partial charge in [-0.25, -0.2) is 19.0 Å². The van der Waals surface area contributed by atoms with Gasteiger partial charge in [0.05, 0.1) is 31.7 Å². The lowest BCUT2D eigenvalue weighted by molar-refractivity contribution is -0.212. The molecule has 5 rings (SSSR count). The van der Waals surface area contributed by atoms with E-state index < -0.39 is 43.6 Å². The maximum absolute atomic E-state index is 13.3. The lowest BCUT2D eigenvalue weighted by Gasteiger charge is -2.31. The molecular weight excluding hydrogens is 763 g/mol. The van der Waals surface area contributed by atoms with Crippen molar-refractivity contribution in [2.75, 3.05) is 32.2 Å². The fraction of sp³-hybridized carbons (Fsp3) is 0.714. The van der Waals surface area contributed by atoms with Gasteiger partial charge in [-0.3, -0.25) is 9.05 Å². The highest BCUT2D eigenvalue weighted by Gasteiger charge is 2.62. The van der Waals surface area contributed by atoms with Gasteiger partial charge in [0.15, 0.2) is 11.6 Å². The lowest BCUT2D eigenvalue weighted by atomic mass is 9.97. The summed E-state index contributed by atoms with van der Waals surface area (Å²) in [5.41, 5.74) is 6.36. The van der Waals surface area contributed by atoms with Crippen LogP contribution >= 0.6 is 7.82 Å². The molecule has 16 heteroatoms. The maximum atomic E-state index is 13.3. The lowest BCUT2D eigenvalue weighted by Crippen LogP contribution is -2.44. The van der Waals surface area contributed by atoms with Crippen molar-refractivity contribution in [3.8, 4) is 11.8 Å². The van der Waals surface area contributed by atoms with Gasteiger partial charge in [-0.15, -0.1) is 0 Å². The predicted molar refractivity (Wildman–Crippen MR) is 219 cm³/mol. The molecule has 58 heavy (non-hydrogen) atoms. The normalized spacial score (nSPS) is 22.8. The van der Waals surface area contributed by atoms with E-state index in [1.807, 2.05) is 12.1 Å². The van der Waals surface area contributed by atoms with Crippen LogP contribution in [0.15, 0.2) is 36.8 Å². The molecule has 2 aliphatic heterocycles. The summed E-state index contributed by atoms with van der Waals surface area (Å²) in [5.74, 6) is -0.273. The second-order valence-electron chi connectivity index (χ2n) is 16.2. The molecule has 3 aromatic heterocycles. The number of rotatable bonds is 28. The highest BCUT2D eigenvalue weighted by molar-refractivity contribution is 7.47. The molecule has 15 nitrogen and oxygen atoms in total. The number of unbranched alkanes of at least 4 members (excludes halogenated alkanes) is 15. The Morgan fingerprint density at radius 3 is 2.16 bits per heavy atom. The fourth-order valence-electron chi connectivity index (χ4n) is 7.66. The number of nitriles is 1. The SMILES string of the molecule is CCCCCCCCCCCCCCCCCCOC[C@H](COP(=O)(O)OC[C@@]1(C)O[C@@H](c2ccc3c(N)ncnn23)[C@@H]2OC(C)(C)O[C@@H]21)Oc1ccc(C#N)nc1. The van der Waals surface area contributed by atoms with Gasteiger partial charge in [0.1, 0.15) is 59.4 Å². The number of ether oxygens (including phenoxy) is 5. The molecule has 1 unspecified atom stereocenters. The molecule has 3 aromatic rings. The van der Waals surface area contributed by atoms with Crippen molar-refractivity contribution in [3.63, 3.8) is 0 Å². The summed E-state index contributed by atoms with van der Waals surface area (Å²) >= 11 is 0. The molecule has 0 aromatic carbocycles. The summed E-state index contributed by atoms with van der Waals surface area (Å²) in [6.07, 6.45) is 20.7. The monoisotopic (exact) mass is 828 g/mol. The Morgan fingerprint density at radius 1 is 0.879 bits per heavy atom. The minimum Gasteiger partial charge on any atom is -0.484 e. The van der Waals surface area contributed by atoms with Crippen LogP contribution in [0, 0.1) is 11.3 Å². The van der Waals surface area contributed by atoms with Crippen LogP contribution in [0.2, 0.25) is 0 Å². The Labute approximate surface area is 343 Å². The van der Waals surface area contributed by atoms with Gasteiger partial charge >= 0.3 is 7.82 Å². The van der Waals surface area contributed by atoms with Gasteiger partial charge in [0.2, 0.25) is 0 Å². The number of nitrogens with zero attached hydrogens (tertiary/aromatic N) is 5. The fourth-order valence-corrected chi connectivity index (χ4v) is 8.51. The van der Waals surface area contributed by atoms with Crippen LogP contribution in [-0.4, -0.2) is 80.6 Å². The van der Waals surface area contributed by atoms with Crippen molar-refractivity contribution in [1.82, 2.24) is 19.6 Å². The highest BCUT2D eigenvalue weighted by atomic mass is 31.2. The van der Waals surface area contributed by atoms with Crippen LogP contribution in [-0.2, 0) is 32.6 Å². The van der Waals surface area contributed by atoms with E-state index in [-0.39, 0.29) is 25.5 Å². The van der Waals surface area contributed by atoms with Crippen molar-refractivity contribution in [1.29, 1.82) is 5.26 Å². The number of hydrogen-bond donors (Lipinski definition) is 2. The number of anilines is 1. The minimum atomic E-state index is -4.64. The summed E-state index contributed by atoms with van der Waals surface area (Å²) in [5, 5.41) is 13.5. The molecule has 0 aliphatic carbocycles. The van der Waals surface area contributed by atoms with E-state index in [1.165, 1.54) is 102 Å². The van der Waals surface area contributed by atoms with E-state index in [9.17, 15) is 9.46 Å². The van der Waals surface area contributed by atoms with Crippen molar-refractivity contribution >= 4 is 19.2 Å². The molecule has 0 saturated carbocycles. The molecular formula is C42H65N6O9P. The largest absolute Gasteiger partial charge is 0.484 e. The van der Waals surface area contributed by atoms with Crippen molar-refractivity contribution in [3.05, 3.63) is 48.2 Å². The molecule has 0 radical (unpaired) electrons. The van der Waals surface area contributed by atoms with E-state index >= 15 is 0 Å². The molecule has 2 aliphatic rings. The van der Waals surface area contributed by atoms with Crippen molar-refractivity contribution in [2.24, 2.45) is 0 Å². The molecule has 2 fully saturated rings. The number of phosphoric acid groups is 1. The van der Waals surface area contributed by atoms with Gasteiger partial charge in [0.25, 0.3) is 0 Å². The van der Waals surface area contributed by atoms with Gasteiger partial charge < -0.3 is 34.3 Å². The topological polar surface area (TPSA) is 195 Å².